The van der Waals surface area contributed by atoms with Gasteiger partial charge in [0.2, 0.25) is 10.0 Å². The third kappa shape index (κ3) is 3.62. The Morgan fingerprint density at radius 1 is 1.33 bits per heavy atom. The number of nitrogens with two attached hydrogens (primary N) is 1. The second-order valence-corrected chi connectivity index (χ2v) is 7.92. The van der Waals surface area contributed by atoms with Gasteiger partial charge in [-0.15, -0.1) is 0 Å². The second-order valence-electron chi connectivity index (χ2n) is 5.75. The molecule has 0 radical (unpaired) electrons. The van der Waals surface area contributed by atoms with Crippen molar-refractivity contribution in [2.45, 2.75) is 43.9 Å². The van der Waals surface area contributed by atoms with Gasteiger partial charge in [-0.1, -0.05) is 50.2 Å². The van der Waals surface area contributed by atoms with Gasteiger partial charge in [-0.05, 0) is 30.7 Å². The van der Waals surface area contributed by atoms with Crippen LogP contribution in [0.2, 0.25) is 0 Å². The lowest BCUT2D eigenvalue weighted by Gasteiger charge is -2.27. The molecule has 116 valence electrons. The molecule has 21 heavy (non-hydrogen) atoms. The van der Waals surface area contributed by atoms with E-state index in [0.29, 0.717) is 12.1 Å². The van der Waals surface area contributed by atoms with Crippen molar-refractivity contribution in [2.75, 3.05) is 6.54 Å². The molecular weight excluding hydrogens is 304 g/mol. The molecule has 4 nitrogen and oxygen atoms in total. The summed E-state index contributed by atoms with van der Waals surface area (Å²) in [6.07, 6.45) is 5.52. The van der Waals surface area contributed by atoms with Crippen LogP contribution in [-0.2, 0) is 10.0 Å². The molecule has 1 fully saturated rings. The van der Waals surface area contributed by atoms with E-state index in [0.717, 1.165) is 19.3 Å². The van der Waals surface area contributed by atoms with E-state index in [2.05, 4.69) is 11.6 Å². The summed E-state index contributed by atoms with van der Waals surface area (Å²) >= 11 is 4.94. The van der Waals surface area contributed by atoms with E-state index in [1.54, 1.807) is 24.3 Å². The van der Waals surface area contributed by atoms with Gasteiger partial charge >= 0.3 is 0 Å². The van der Waals surface area contributed by atoms with Gasteiger partial charge in [0, 0.05) is 12.1 Å². The summed E-state index contributed by atoms with van der Waals surface area (Å²) in [6, 6.07) is 6.60. The van der Waals surface area contributed by atoms with E-state index in [1.807, 2.05) is 0 Å². The Morgan fingerprint density at radius 3 is 2.52 bits per heavy atom. The molecule has 0 amide bonds. The van der Waals surface area contributed by atoms with Crippen LogP contribution in [-0.4, -0.2) is 20.0 Å². The molecule has 2 rings (SSSR count). The quantitative estimate of drug-likeness (QED) is 0.788. The lowest BCUT2D eigenvalue weighted by molar-refractivity contribution is 0.285. The zero-order valence-corrected chi connectivity index (χ0v) is 13.9. The largest absolute Gasteiger partial charge is 0.389 e. The number of thiocarbonyl (C=S) groups is 1. The van der Waals surface area contributed by atoms with E-state index < -0.39 is 10.0 Å². The van der Waals surface area contributed by atoms with Crippen LogP contribution in [0.1, 0.15) is 44.6 Å². The fourth-order valence-electron chi connectivity index (χ4n) is 3.01. The number of rotatable bonds is 6. The molecule has 0 heterocycles. The Bertz CT molecular complexity index is 620. The van der Waals surface area contributed by atoms with Crippen molar-refractivity contribution >= 4 is 27.2 Å². The molecule has 1 saturated carbocycles. The van der Waals surface area contributed by atoms with Crippen LogP contribution >= 0.6 is 12.2 Å². The predicted molar refractivity (Wildman–Crippen MR) is 88.7 cm³/mol. The zero-order chi connectivity index (χ0) is 15.5. The van der Waals surface area contributed by atoms with Crippen LogP contribution < -0.4 is 10.5 Å². The topological polar surface area (TPSA) is 72.2 Å². The van der Waals surface area contributed by atoms with Crippen molar-refractivity contribution in [3.05, 3.63) is 29.8 Å². The summed E-state index contributed by atoms with van der Waals surface area (Å²) in [4.78, 5) is 0.267. The molecule has 3 N–H and O–H groups in total. The number of nitrogens with one attached hydrogen (secondary N) is 1. The molecule has 0 aliphatic heterocycles. The summed E-state index contributed by atoms with van der Waals surface area (Å²) in [5, 5.41) is 0. The molecule has 1 aromatic rings. The second kappa shape index (κ2) is 6.42. The molecular formula is C15H22N2O2S2. The lowest BCUT2D eigenvalue weighted by Crippen LogP contribution is -2.36. The van der Waals surface area contributed by atoms with Gasteiger partial charge in [-0.25, -0.2) is 13.1 Å². The normalized spacial score (nSPS) is 17.8. The third-order valence-corrected chi connectivity index (χ3v) is 6.17. The maximum Gasteiger partial charge on any atom is 0.241 e. The van der Waals surface area contributed by atoms with Crippen molar-refractivity contribution in [1.82, 2.24) is 4.72 Å². The molecule has 1 aromatic carbocycles. The highest BCUT2D eigenvalue weighted by Gasteiger charge is 2.33. The first-order valence-corrected chi connectivity index (χ1v) is 9.18. The van der Waals surface area contributed by atoms with Gasteiger partial charge < -0.3 is 5.73 Å². The number of sulfonamides is 1. The fourth-order valence-corrected chi connectivity index (χ4v) is 4.63. The highest BCUT2D eigenvalue weighted by atomic mass is 32.2. The SMILES string of the molecule is CCC1(CNS(=O)(=O)c2ccccc2C(N)=S)CCCC1. The molecule has 0 spiro atoms. The molecule has 0 unspecified atom stereocenters. The first-order valence-electron chi connectivity index (χ1n) is 7.29. The van der Waals surface area contributed by atoms with Crippen LogP contribution in [0.3, 0.4) is 0 Å². The van der Waals surface area contributed by atoms with Gasteiger partial charge in [0.1, 0.15) is 4.99 Å². The monoisotopic (exact) mass is 326 g/mol. The summed E-state index contributed by atoms with van der Waals surface area (Å²) < 4.78 is 27.9. The minimum absolute atomic E-state index is 0.0991. The first kappa shape index (κ1) is 16.4. The maximum atomic E-state index is 12.5. The van der Waals surface area contributed by atoms with Gasteiger partial charge in [-0.2, -0.15) is 0 Å². The van der Waals surface area contributed by atoms with Crippen molar-refractivity contribution in [2.24, 2.45) is 11.1 Å². The van der Waals surface area contributed by atoms with E-state index in [4.69, 9.17) is 18.0 Å². The molecule has 0 aromatic heterocycles. The van der Waals surface area contributed by atoms with Gasteiger partial charge in [0.15, 0.2) is 0 Å². The summed E-state index contributed by atoms with van der Waals surface area (Å²) in [5.74, 6) is 0. The van der Waals surface area contributed by atoms with Crippen LogP contribution in [0.4, 0.5) is 0 Å². The molecule has 1 aliphatic carbocycles. The minimum atomic E-state index is -3.59. The zero-order valence-electron chi connectivity index (χ0n) is 12.3. The minimum Gasteiger partial charge on any atom is -0.389 e. The summed E-state index contributed by atoms with van der Waals surface area (Å²) in [7, 11) is -3.59. The highest BCUT2D eigenvalue weighted by molar-refractivity contribution is 7.89. The van der Waals surface area contributed by atoms with Crippen LogP contribution in [0, 0.1) is 5.41 Å². The van der Waals surface area contributed by atoms with Gasteiger partial charge in [0.05, 0.1) is 4.90 Å². The van der Waals surface area contributed by atoms with Crippen molar-refractivity contribution in [1.29, 1.82) is 0 Å². The lowest BCUT2D eigenvalue weighted by atomic mass is 9.84. The summed E-state index contributed by atoms with van der Waals surface area (Å²) in [5.41, 5.74) is 6.12. The number of hydrogen-bond acceptors (Lipinski definition) is 3. The van der Waals surface area contributed by atoms with Gasteiger partial charge in [-0.3, -0.25) is 0 Å². The molecule has 0 atom stereocenters. The molecule has 0 bridgehead atoms. The molecule has 1 aliphatic rings. The standard InChI is InChI=1S/C15H22N2O2S2/c1-2-15(9-5-6-10-15)11-17-21(18,19)13-8-4-3-7-12(13)14(16)20/h3-4,7-8,17H,2,5-6,9-11H2,1H3,(H2,16,20). The van der Waals surface area contributed by atoms with Crippen molar-refractivity contribution in [3.8, 4) is 0 Å². The number of hydrogen-bond donors (Lipinski definition) is 2. The Kier molecular flexibility index (Phi) is 5.01. The first-order chi connectivity index (χ1) is 9.90. The van der Waals surface area contributed by atoms with Crippen LogP contribution in [0.25, 0.3) is 0 Å². The Morgan fingerprint density at radius 2 is 1.95 bits per heavy atom. The average Bonchev–Trinajstić information content (AvgIpc) is 2.95. The average molecular weight is 326 g/mol. The van der Waals surface area contributed by atoms with Crippen LogP contribution in [0.5, 0.6) is 0 Å². The Balaban J connectivity index is 2.21. The Labute approximate surface area is 132 Å². The van der Waals surface area contributed by atoms with E-state index in [-0.39, 0.29) is 15.3 Å². The van der Waals surface area contributed by atoms with Crippen molar-refractivity contribution in [3.63, 3.8) is 0 Å². The van der Waals surface area contributed by atoms with E-state index in [1.165, 1.54) is 12.8 Å². The fraction of sp³-hybridized carbons (Fsp3) is 0.533. The third-order valence-electron chi connectivity index (χ3n) is 4.49. The van der Waals surface area contributed by atoms with E-state index >= 15 is 0 Å². The Hall–Kier alpha value is -0.980. The maximum absolute atomic E-state index is 12.5. The molecule has 0 saturated heterocycles. The number of benzene rings is 1. The highest BCUT2D eigenvalue weighted by Crippen LogP contribution is 2.40. The van der Waals surface area contributed by atoms with Crippen molar-refractivity contribution < 1.29 is 8.42 Å². The van der Waals surface area contributed by atoms with Gasteiger partial charge in [0.25, 0.3) is 0 Å². The van der Waals surface area contributed by atoms with Crippen LogP contribution in [0.15, 0.2) is 29.2 Å². The smallest absolute Gasteiger partial charge is 0.241 e. The predicted octanol–water partition coefficient (Wildman–Crippen LogP) is 2.57. The molecule has 6 heteroatoms. The summed E-state index contributed by atoms with van der Waals surface area (Å²) in [6.45, 7) is 2.61. The van der Waals surface area contributed by atoms with E-state index in [9.17, 15) is 8.42 Å².